The summed E-state index contributed by atoms with van der Waals surface area (Å²) in [6.45, 7) is 4.73. The summed E-state index contributed by atoms with van der Waals surface area (Å²) in [5, 5.41) is 3.85. The molecule has 1 saturated heterocycles. The van der Waals surface area contributed by atoms with Gasteiger partial charge in [-0.25, -0.2) is 0 Å². The molecule has 0 amide bonds. The Labute approximate surface area is 122 Å². The summed E-state index contributed by atoms with van der Waals surface area (Å²) in [6.07, 6.45) is 5.20. The van der Waals surface area contributed by atoms with Gasteiger partial charge in [-0.1, -0.05) is 25.1 Å². The number of ether oxygens (including phenoxy) is 1. The lowest BCUT2D eigenvalue weighted by Gasteiger charge is -2.24. The smallest absolute Gasteiger partial charge is 0.123 e. The van der Waals surface area contributed by atoms with Gasteiger partial charge in [-0.05, 0) is 31.7 Å². The lowest BCUT2D eigenvalue weighted by atomic mass is 10.0. The molecule has 110 valence electrons. The largest absolute Gasteiger partial charge is 0.496 e. The molecule has 2 aliphatic rings. The van der Waals surface area contributed by atoms with E-state index in [0.29, 0.717) is 12.1 Å². The maximum Gasteiger partial charge on any atom is 0.123 e. The van der Waals surface area contributed by atoms with E-state index in [1.165, 1.54) is 37.9 Å². The summed E-state index contributed by atoms with van der Waals surface area (Å²) in [5.41, 5.74) is 1.29. The Kier molecular flexibility index (Phi) is 4.27. The van der Waals surface area contributed by atoms with Crippen LogP contribution >= 0.6 is 0 Å². The van der Waals surface area contributed by atoms with Crippen LogP contribution in [0.4, 0.5) is 0 Å². The number of nitrogens with one attached hydrogen (secondary N) is 1. The molecule has 1 N–H and O–H groups in total. The molecule has 1 heterocycles. The molecule has 20 heavy (non-hydrogen) atoms. The van der Waals surface area contributed by atoms with Crippen LogP contribution in [0.2, 0.25) is 0 Å². The maximum absolute atomic E-state index is 5.51. The average Bonchev–Trinajstić information content (AvgIpc) is 3.24. The number of rotatable bonds is 6. The Balaban J connectivity index is 1.64. The Morgan fingerprint density at radius 2 is 2.10 bits per heavy atom. The number of nitrogens with zero attached hydrogens (tertiary/aromatic N) is 1. The number of likely N-dealkylation sites (tertiary alicyclic amines) is 1. The molecule has 0 spiro atoms. The van der Waals surface area contributed by atoms with Crippen LogP contribution in [-0.2, 0) is 0 Å². The van der Waals surface area contributed by atoms with E-state index in [2.05, 4.69) is 35.3 Å². The van der Waals surface area contributed by atoms with Crippen molar-refractivity contribution < 1.29 is 4.74 Å². The second kappa shape index (κ2) is 6.15. The van der Waals surface area contributed by atoms with Crippen molar-refractivity contribution >= 4 is 0 Å². The summed E-state index contributed by atoms with van der Waals surface area (Å²) in [6, 6.07) is 10.3. The van der Waals surface area contributed by atoms with Gasteiger partial charge >= 0.3 is 0 Å². The third-order valence-corrected chi connectivity index (χ3v) is 4.64. The van der Waals surface area contributed by atoms with E-state index in [9.17, 15) is 0 Å². The SMILES string of the molecule is CCC(NC1CCN(C2CC2)C1)c1ccccc1OC. The fourth-order valence-corrected chi connectivity index (χ4v) is 3.36. The maximum atomic E-state index is 5.51. The van der Waals surface area contributed by atoms with Crippen LogP contribution in [-0.4, -0.2) is 37.2 Å². The van der Waals surface area contributed by atoms with Crippen LogP contribution < -0.4 is 10.1 Å². The summed E-state index contributed by atoms with van der Waals surface area (Å²) >= 11 is 0. The van der Waals surface area contributed by atoms with Gasteiger partial charge in [0.2, 0.25) is 0 Å². The molecule has 3 heteroatoms. The first-order valence-electron chi connectivity index (χ1n) is 7.94. The van der Waals surface area contributed by atoms with Gasteiger partial charge in [0.05, 0.1) is 7.11 Å². The molecule has 3 nitrogen and oxygen atoms in total. The highest BCUT2D eigenvalue weighted by atomic mass is 16.5. The van der Waals surface area contributed by atoms with Crippen molar-refractivity contribution in [3.8, 4) is 5.75 Å². The number of hydrogen-bond acceptors (Lipinski definition) is 3. The van der Waals surface area contributed by atoms with Crippen molar-refractivity contribution in [3.63, 3.8) is 0 Å². The minimum absolute atomic E-state index is 0.398. The normalized spacial score (nSPS) is 24.8. The molecular weight excluding hydrogens is 248 g/mol. The third-order valence-electron chi connectivity index (χ3n) is 4.64. The van der Waals surface area contributed by atoms with Crippen molar-refractivity contribution in [2.24, 2.45) is 0 Å². The zero-order valence-electron chi connectivity index (χ0n) is 12.6. The third kappa shape index (κ3) is 2.99. The predicted molar refractivity (Wildman–Crippen MR) is 82.2 cm³/mol. The average molecular weight is 274 g/mol. The Morgan fingerprint density at radius 3 is 2.80 bits per heavy atom. The first-order chi connectivity index (χ1) is 9.81. The molecule has 0 radical (unpaired) electrons. The highest BCUT2D eigenvalue weighted by Gasteiger charge is 2.35. The molecule has 0 aromatic heterocycles. The van der Waals surface area contributed by atoms with E-state index in [1.807, 2.05) is 6.07 Å². The zero-order chi connectivity index (χ0) is 13.9. The Bertz CT molecular complexity index is 444. The lowest BCUT2D eigenvalue weighted by Crippen LogP contribution is -2.35. The molecule has 1 aromatic carbocycles. The molecular formula is C17H26N2O. The van der Waals surface area contributed by atoms with Crippen LogP contribution in [0.15, 0.2) is 24.3 Å². The van der Waals surface area contributed by atoms with Crippen molar-refractivity contribution in [3.05, 3.63) is 29.8 Å². The molecule has 1 aromatic rings. The summed E-state index contributed by atoms with van der Waals surface area (Å²) < 4.78 is 5.51. The standard InChI is InChI=1S/C17H26N2O/c1-3-16(15-6-4-5-7-17(15)20-2)18-13-10-11-19(12-13)14-8-9-14/h4-7,13-14,16,18H,3,8-12H2,1-2H3. The summed E-state index contributed by atoms with van der Waals surface area (Å²) in [7, 11) is 1.76. The first kappa shape index (κ1) is 13.9. The highest BCUT2D eigenvalue weighted by molar-refractivity contribution is 5.35. The predicted octanol–water partition coefficient (Wildman–Crippen LogP) is 2.97. The number of para-hydroxylation sites is 1. The monoisotopic (exact) mass is 274 g/mol. The van der Waals surface area contributed by atoms with Crippen LogP contribution in [0.1, 0.15) is 44.2 Å². The van der Waals surface area contributed by atoms with Crippen molar-refractivity contribution in [2.45, 2.75) is 50.7 Å². The number of benzene rings is 1. The molecule has 2 unspecified atom stereocenters. The van der Waals surface area contributed by atoms with Gasteiger partial charge in [-0.15, -0.1) is 0 Å². The van der Waals surface area contributed by atoms with E-state index >= 15 is 0 Å². The second-order valence-corrected chi connectivity index (χ2v) is 6.08. The van der Waals surface area contributed by atoms with Gasteiger partial charge in [-0.3, -0.25) is 4.90 Å². The Hall–Kier alpha value is -1.06. The van der Waals surface area contributed by atoms with Crippen molar-refractivity contribution in [1.82, 2.24) is 10.2 Å². The van der Waals surface area contributed by atoms with Gasteiger partial charge in [0.15, 0.2) is 0 Å². The lowest BCUT2D eigenvalue weighted by molar-refractivity contribution is 0.310. The molecule has 3 rings (SSSR count). The van der Waals surface area contributed by atoms with Gasteiger partial charge < -0.3 is 10.1 Å². The molecule has 0 bridgehead atoms. The van der Waals surface area contributed by atoms with Gasteiger partial charge in [0, 0.05) is 36.8 Å². The first-order valence-corrected chi connectivity index (χ1v) is 7.94. The fourth-order valence-electron chi connectivity index (χ4n) is 3.36. The van der Waals surface area contributed by atoms with Gasteiger partial charge in [-0.2, -0.15) is 0 Å². The van der Waals surface area contributed by atoms with Crippen molar-refractivity contribution in [1.29, 1.82) is 0 Å². The Morgan fingerprint density at radius 1 is 1.30 bits per heavy atom. The molecule has 2 fully saturated rings. The molecule has 2 atom stereocenters. The van der Waals surface area contributed by atoms with Crippen LogP contribution in [0.25, 0.3) is 0 Å². The van der Waals surface area contributed by atoms with E-state index in [1.54, 1.807) is 7.11 Å². The highest BCUT2D eigenvalue weighted by Crippen LogP contribution is 2.32. The molecule has 1 aliphatic heterocycles. The second-order valence-electron chi connectivity index (χ2n) is 6.08. The van der Waals surface area contributed by atoms with E-state index < -0.39 is 0 Å². The van der Waals surface area contributed by atoms with Gasteiger partial charge in [0.25, 0.3) is 0 Å². The summed E-state index contributed by atoms with van der Waals surface area (Å²) in [5.74, 6) is 1.00. The van der Waals surface area contributed by atoms with E-state index in [0.717, 1.165) is 18.2 Å². The fraction of sp³-hybridized carbons (Fsp3) is 0.647. The quantitative estimate of drug-likeness (QED) is 0.863. The molecule has 1 saturated carbocycles. The van der Waals surface area contributed by atoms with Gasteiger partial charge in [0.1, 0.15) is 5.75 Å². The van der Waals surface area contributed by atoms with Crippen LogP contribution in [0, 0.1) is 0 Å². The minimum Gasteiger partial charge on any atom is -0.496 e. The topological polar surface area (TPSA) is 24.5 Å². The van der Waals surface area contributed by atoms with Crippen molar-refractivity contribution in [2.75, 3.05) is 20.2 Å². The number of methoxy groups -OCH3 is 1. The van der Waals surface area contributed by atoms with E-state index in [-0.39, 0.29) is 0 Å². The van der Waals surface area contributed by atoms with Crippen LogP contribution in [0.3, 0.4) is 0 Å². The van der Waals surface area contributed by atoms with E-state index in [4.69, 9.17) is 4.74 Å². The molecule has 1 aliphatic carbocycles. The van der Waals surface area contributed by atoms with Crippen LogP contribution in [0.5, 0.6) is 5.75 Å². The zero-order valence-corrected chi connectivity index (χ0v) is 12.6. The summed E-state index contributed by atoms with van der Waals surface area (Å²) in [4.78, 5) is 2.66. The number of hydrogen-bond donors (Lipinski definition) is 1. The minimum atomic E-state index is 0.398.